The van der Waals surface area contributed by atoms with Gasteiger partial charge in [0.25, 0.3) is 10.1 Å². The van der Waals surface area contributed by atoms with E-state index in [1.165, 1.54) is 0 Å². The lowest BCUT2D eigenvalue weighted by atomic mass is 10.5. The Balaban J connectivity index is 3.26. The molecular formula is C8H14O6S. The first-order chi connectivity index (χ1) is 6.95. The van der Waals surface area contributed by atoms with Gasteiger partial charge in [-0.3, -0.25) is 4.55 Å². The Hall–Kier alpha value is -0.920. The second-order valence-corrected chi connectivity index (χ2v) is 4.20. The second-order valence-electron chi connectivity index (χ2n) is 2.62. The van der Waals surface area contributed by atoms with Crippen LogP contribution in [0.15, 0.2) is 12.7 Å². The van der Waals surface area contributed by atoms with E-state index in [2.05, 4.69) is 11.3 Å². The van der Waals surface area contributed by atoms with Crippen LogP contribution in [0.4, 0.5) is 0 Å². The minimum Gasteiger partial charge on any atom is -0.460 e. The summed E-state index contributed by atoms with van der Waals surface area (Å²) in [6, 6.07) is 0. The molecule has 0 aromatic carbocycles. The van der Waals surface area contributed by atoms with Crippen molar-refractivity contribution in [1.82, 2.24) is 0 Å². The van der Waals surface area contributed by atoms with E-state index >= 15 is 0 Å². The van der Waals surface area contributed by atoms with Crippen molar-refractivity contribution in [1.29, 1.82) is 0 Å². The van der Waals surface area contributed by atoms with Crippen molar-refractivity contribution in [2.75, 3.05) is 25.6 Å². The van der Waals surface area contributed by atoms with Gasteiger partial charge < -0.3 is 9.47 Å². The van der Waals surface area contributed by atoms with Crippen LogP contribution >= 0.6 is 0 Å². The molecule has 0 bridgehead atoms. The first-order valence-corrected chi connectivity index (χ1v) is 5.88. The SMILES string of the molecule is C=CC(=O)OCCOCCCS(=O)(=O)O. The average molecular weight is 238 g/mol. The highest BCUT2D eigenvalue weighted by Crippen LogP contribution is 1.90. The summed E-state index contributed by atoms with van der Waals surface area (Å²) < 4.78 is 38.4. The standard InChI is InChI=1S/C8H14O6S/c1-2-8(9)14-6-5-13-4-3-7-15(10,11)12/h2H,1,3-7H2,(H,10,11,12). The van der Waals surface area contributed by atoms with Crippen molar-refractivity contribution in [3.8, 4) is 0 Å². The maximum absolute atomic E-state index is 10.5. The van der Waals surface area contributed by atoms with Crippen LogP contribution in [-0.2, 0) is 24.4 Å². The summed E-state index contributed by atoms with van der Waals surface area (Å²) in [5, 5.41) is 0. The van der Waals surface area contributed by atoms with Gasteiger partial charge in [-0.2, -0.15) is 8.42 Å². The fraction of sp³-hybridized carbons (Fsp3) is 0.625. The number of hydrogen-bond acceptors (Lipinski definition) is 5. The van der Waals surface area contributed by atoms with Crippen LogP contribution in [0.1, 0.15) is 6.42 Å². The lowest BCUT2D eigenvalue weighted by Crippen LogP contribution is -2.11. The van der Waals surface area contributed by atoms with E-state index < -0.39 is 16.1 Å². The van der Waals surface area contributed by atoms with E-state index in [0.717, 1.165) is 6.08 Å². The van der Waals surface area contributed by atoms with Crippen molar-refractivity contribution in [3.05, 3.63) is 12.7 Å². The zero-order valence-electron chi connectivity index (χ0n) is 8.22. The van der Waals surface area contributed by atoms with E-state index in [1.54, 1.807) is 0 Å². The predicted octanol–water partition coefficient (Wildman–Crippen LogP) is 0.0101. The van der Waals surface area contributed by atoms with E-state index in [1.807, 2.05) is 0 Å². The van der Waals surface area contributed by atoms with Gasteiger partial charge in [0.2, 0.25) is 0 Å². The summed E-state index contributed by atoms with van der Waals surface area (Å²) in [6.07, 6.45) is 1.24. The van der Waals surface area contributed by atoms with Gasteiger partial charge in [0.15, 0.2) is 0 Å². The van der Waals surface area contributed by atoms with E-state index in [4.69, 9.17) is 9.29 Å². The highest BCUT2D eigenvalue weighted by Gasteiger charge is 2.03. The van der Waals surface area contributed by atoms with Crippen LogP contribution in [0, 0.1) is 0 Å². The number of carbonyl (C=O) groups is 1. The molecule has 0 saturated carbocycles. The van der Waals surface area contributed by atoms with Crippen LogP contribution < -0.4 is 0 Å². The fourth-order valence-corrected chi connectivity index (χ4v) is 1.19. The number of esters is 1. The minimum absolute atomic E-state index is 0.0940. The molecule has 15 heavy (non-hydrogen) atoms. The summed E-state index contributed by atoms with van der Waals surface area (Å²) in [7, 11) is -3.91. The molecule has 0 atom stereocenters. The Morgan fingerprint density at radius 3 is 2.53 bits per heavy atom. The lowest BCUT2D eigenvalue weighted by Gasteiger charge is -2.03. The van der Waals surface area contributed by atoms with Crippen molar-refractivity contribution < 1.29 is 27.2 Å². The molecule has 0 spiro atoms. The Morgan fingerprint density at radius 1 is 1.33 bits per heavy atom. The van der Waals surface area contributed by atoms with Crippen molar-refractivity contribution in [2.45, 2.75) is 6.42 Å². The molecule has 0 amide bonds. The Kier molecular flexibility index (Phi) is 6.93. The van der Waals surface area contributed by atoms with Crippen molar-refractivity contribution in [2.24, 2.45) is 0 Å². The van der Waals surface area contributed by atoms with Crippen LogP contribution in [0.5, 0.6) is 0 Å². The number of carbonyl (C=O) groups excluding carboxylic acids is 1. The van der Waals surface area contributed by atoms with Crippen molar-refractivity contribution >= 4 is 16.1 Å². The average Bonchev–Trinajstić information content (AvgIpc) is 2.14. The fourth-order valence-electron chi connectivity index (χ4n) is 0.706. The van der Waals surface area contributed by atoms with Crippen LogP contribution in [0.3, 0.4) is 0 Å². The molecular weight excluding hydrogens is 224 g/mol. The van der Waals surface area contributed by atoms with Crippen molar-refractivity contribution in [3.63, 3.8) is 0 Å². The monoisotopic (exact) mass is 238 g/mol. The van der Waals surface area contributed by atoms with Crippen LogP contribution in [-0.4, -0.2) is 44.5 Å². The molecule has 88 valence electrons. The molecule has 6 nitrogen and oxygen atoms in total. The number of rotatable bonds is 8. The molecule has 0 aliphatic rings. The van der Waals surface area contributed by atoms with Crippen LogP contribution in [0.25, 0.3) is 0 Å². The second kappa shape index (κ2) is 7.38. The number of hydrogen-bond donors (Lipinski definition) is 1. The summed E-state index contributed by atoms with van der Waals surface area (Å²) in [5.41, 5.74) is 0. The third kappa shape index (κ3) is 11.0. The molecule has 1 N–H and O–H groups in total. The maximum Gasteiger partial charge on any atom is 0.330 e. The normalized spacial score (nSPS) is 11.0. The molecule has 0 radical (unpaired) electrons. The molecule has 7 heteroatoms. The molecule has 0 aromatic rings. The maximum atomic E-state index is 10.5. The van der Waals surface area contributed by atoms with Gasteiger partial charge >= 0.3 is 5.97 Å². The topological polar surface area (TPSA) is 89.9 Å². The van der Waals surface area contributed by atoms with Gasteiger partial charge in [-0.1, -0.05) is 6.58 Å². The first-order valence-electron chi connectivity index (χ1n) is 4.28. The molecule has 0 rings (SSSR count). The Bertz CT molecular complexity index is 294. The summed E-state index contributed by atoms with van der Waals surface area (Å²) in [4.78, 5) is 10.5. The molecule has 0 aliphatic carbocycles. The Labute approximate surface area is 88.6 Å². The van der Waals surface area contributed by atoms with Gasteiger partial charge in [-0.15, -0.1) is 0 Å². The highest BCUT2D eigenvalue weighted by molar-refractivity contribution is 7.85. The summed E-state index contributed by atoms with van der Waals surface area (Å²) >= 11 is 0. The predicted molar refractivity (Wildman–Crippen MR) is 53.0 cm³/mol. The molecule has 0 aliphatic heterocycles. The van der Waals surface area contributed by atoms with Crippen LogP contribution in [0.2, 0.25) is 0 Å². The molecule has 0 unspecified atom stereocenters. The zero-order valence-corrected chi connectivity index (χ0v) is 9.03. The lowest BCUT2D eigenvalue weighted by molar-refractivity contribution is -0.139. The van der Waals surface area contributed by atoms with Gasteiger partial charge in [0, 0.05) is 12.7 Å². The van der Waals surface area contributed by atoms with Gasteiger partial charge in [0.1, 0.15) is 6.61 Å². The highest BCUT2D eigenvalue weighted by atomic mass is 32.2. The van der Waals surface area contributed by atoms with Gasteiger partial charge in [-0.05, 0) is 6.42 Å². The van der Waals surface area contributed by atoms with E-state index in [0.29, 0.717) is 0 Å². The minimum atomic E-state index is -3.91. The van der Waals surface area contributed by atoms with Gasteiger partial charge in [0.05, 0.1) is 12.4 Å². The third-order valence-electron chi connectivity index (χ3n) is 1.33. The summed E-state index contributed by atoms with van der Waals surface area (Å²) in [6.45, 7) is 3.67. The largest absolute Gasteiger partial charge is 0.460 e. The third-order valence-corrected chi connectivity index (χ3v) is 2.13. The van der Waals surface area contributed by atoms with E-state index in [-0.39, 0.29) is 32.0 Å². The zero-order chi connectivity index (χ0) is 11.7. The smallest absolute Gasteiger partial charge is 0.330 e. The molecule has 0 heterocycles. The van der Waals surface area contributed by atoms with Gasteiger partial charge in [-0.25, -0.2) is 4.79 Å². The quantitative estimate of drug-likeness (QED) is 0.277. The van der Waals surface area contributed by atoms with E-state index in [9.17, 15) is 13.2 Å². The Morgan fingerprint density at radius 2 is 2.00 bits per heavy atom. The molecule has 0 saturated heterocycles. The number of ether oxygens (including phenoxy) is 2. The first kappa shape index (κ1) is 14.1. The molecule has 0 fully saturated rings. The molecule has 0 aromatic heterocycles. The summed E-state index contributed by atoms with van der Waals surface area (Å²) in [5.74, 6) is -0.865.